The lowest BCUT2D eigenvalue weighted by atomic mass is 10.0. The lowest BCUT2D eigenvalue weighted by Gasteiger charge is -2.25. The van der Waals surface area contributed by atoms with Gasteiger partial charge in [0, 0.05) is 0 Å². The van der Waals surface area contributed by atoms with Crippen molar-refractivity contribution in [2.75, 3.05) is 13.2 Å². The summed E-state index contributed by atoms with van der Waals surface area (Å²) in [6.45, 7) is -0.284. The molecular weight excluding hydrogens is 236 g/mol. The normalized spacial score (nSPS) is 20.2. The van der Waals surface area contributed by atoms with Crippen molar-refractivity contribution < 1.29 is 40.2 Å². The van der Waals surface area contributed by atoms with Crippen molar-refractivity contribution in [2.45, 2.75) is 37.4 Å². The van der Waals surface area contributed by atoms with Crippen molar-refractivity contribution in [2.24, 2.45) is 0 Å². The smallest absolute Gasteiger partial charge is 0.334 e. The molecule has 0 aromatic carbocycles. The number of hydrogen-bond acceptors (Lipinski definition) is 8. The van der Waals surface area contributed by atoms with Gasteiger partial charge in [0.25, 0.3) is 0 Å². The SMILES string of the molecule is CC(O)C(=O)OC[C@H](O)[C@@H](O)[C@H](O)[C@H](O)CO. The first-order valence-corrected chi connectivity index (χ1v) is 4.99. The number of carbonyl (C=O) groups excluding carboxylic acids is 1. The van der Waals surface area contributed by atoms with Gasteiger partial charge in [-0.1, -0.05) is 0 Å². The molecule has 0 saturated heterocycles. The molecule has 1 unspecified atom stereocenters. The van der Waals surface area contributed by atoms with Crippen molar-refractivity contribution in [3.05, 3.63) is 0 Å². The van der Waals surface area contributed by atoms with Crippen LogP contribution in [0.5, 0.6) is 0 Å². The first-order chi connectivity index (χ1) is 7.81. The molecular formula is C9H18O8. The Hall–Kier alpha value is -0.770. The Labute approximate surface area is 97.7 Å². The maximum atomic E-state index is 10.8. The van der Waals surface area contributed by atoms with Crippen molar-refractivity contribution in [3.8, 4) is 0 Å². The molecule has 0 amide bonds. The van der Waals surface area contributed by atoms with E-state index in [1.54, 1.807) is 0 Å². The Kier molecular flexibility index (Phi) is 7.19. The first kappa shape index (κ1) is 16.2. The summed E-state index contributed by atoms with van der Waals surface area (Å²) >= 11 is 0. The van der Waals surface area contributed by atoms with E-state index in [2.05, 4.69) is 4.74 Å². The van der Waals surface area contributed by atoms with Gasteiger partial charge in [-0.2, -0.15) is 0 Å². The molecule has 8 heteroatoms. The number of carbonyl (C=O) groups is 1. The van der Waals surface area contributed by atoms with Crippen LogP contribution < -0.4 is 0 Å². The Balaban J connectivity index is 4.13. The monoisotopic (exact) mass is 254 g/mol. The number of esters is 1. The topological polar surface area (TPSA) is 148 Å². The zero-order valence-electron chi connectivity index (χ0n) is 9.30. The van der Waals surface area contributed by atoms with Crippen molar-refractivity contribution >= 4 is 5.97 Å². The molecule has 5 atom stereocenters. The number of aliphatic hydroxyl groups excluding tert-OH is 6. The van der Waals surface area contributed by atoms with Crippen LogP contribution in [-0.4, -0.2) is 80.3 Å². The summed E-state index contributed by atoms with van der Waals surface area (Å²) in [7, 11) is 0. The Morgan fingerprint density at radius 1 is 1.06 bits per heavy atom. The average Bonchev–Trinajstić information content (AvgIpc) is 2.32. The second kappa shape index (κ2) is 7.54. The lowest BCUT2D eigenvalue weighted by molar-refractivity contribution is -0.163. The summed E-state index contributed by atoms with van der Waals surface area (Å²) in [6.07, 6.45) is -8.20. The number of ether oxygens (including phenoxy) is 1. The van der Waals surface area contributed by atoms with Crippen LogP contribution in [0, 0.1) is 0 Å². The van der Waals surface area contributed by atoms with E-state index in [4.69, 9.17) is 15.3 Å². The van der Waals surface area contributed by atoms with Crippen LogP contribution in [0.3, 0.4) is 0 Å². The summed E-state index contributed by atoms with van der Waals surface area (Å²) in [4.78, 5) is 10.8. The molecule has 0 radical (unpaired) electrons. The second-order valence-electron chi connectivity index (χ2n) is 3.60. The third-order valence-corrected chi connectivity index (χ3v) is 2.06. The van der Waals surface area contributed by atoms with Crippen molar-refractivity contribution in [1.29, 1.82) is 0 Å². The zero-order chi connectivity index (χ0) is 13.6. The van der Waals surface area contributed by atoms with Gasteiger partial charge in [-0.15, -0.1) is 0 Å². The van der Waals surface area contributed by atoms with Gasteiger partial charge in [0.15, 0.2) is 0 Å². The fourth-order valence-corrected chi connectivity index (χ4v) is 0.950. The average molecular weight is 254 g/mol. The Bertz CT molecular complexity index is 231. The molecule has 0 saturated carbocycles. The van der Waals surface area contributed by atoms with Gasteiger partial charge in [-0.05, 0) is 6.92 Å². The lowest BCUT2D eigenvalue weighted by Crippen LogP contribution is -2.47. The largest absolute Gasteiger partial charge is 0.461 e. The van der Waals surface area contributed by atoms with Crippen molar-refractivity contribution in [1.82, 2.24) is 0 Å². The highest BCUT2D eigenvalue weighted by Gasteiger charge is 2.30. The van der Waals surface area contributed by atoms with Gasteiger partial charge < -0.3 is 35.4 Å². The van der Waals surface area contributed by atoms with Crippen LogP contribution in [-0.2, 0) is 9.53 Å². The minimum absolute atomic E-state index is 0.653. The van der Waals surface area contributed by atoms with Gasteiger partial charge in [-0.3, -0.25) is 0 Å². The predicted molar refractivity (Wildman–Crippen MR) is 53.8 cm³/mol. The highest BCUT2D eigenvalue weighted by molar-refractivity contribution is 5.73. The molecule has 0 aromatic heterocycles. The Morgan fingerprint density at radius 3 is 1.94 bits per heavy atom. The Morgan fingerprint density at radius 2 is 1.53 bits per heavy atom. The summed E-state index contributed by atoms with van der Waals surface area (Å²) in [6, 6.07) is 0. The standard InChI is InChI=1S/C9H18O8/c1-4(11)9(16)17-3-6(13)8(15)7(14)5(12)2-10/h4-8,10-15H,2-3H2,1H3/t4?,5-,6+,7-,8-/m1/s1. The van der Waals surface area contributed by atoms with Gasteiger partial charge >= 0.3 is 5.97 Å². The molecule has 0 fully saturated rings. The second-order valence-corrected chi connectivity index (χ2v) is 3.60. The van der Waals surface area contributed by atoms with Gasteiger partial charge in [0.1, 0.15) is 37.1 Å². The van der Waals surface area contributed by atoms with Crippen LogP contribution in [0.15, 0.2) is 0 Å². The third-order valence-electron chi connectivity index (χ3n) is 2.06. The van der Waals surface area contributed by atoms with E-state index in [1.807, 2.05) is 0 Å². The molecule has 0 aliphatic heterocycles. The van der Waals surface area contributed by atoms with E-state index in [9.17, 15) is 20.1 Å². The van der Waals surface area contributed by atoms with Crippen LogP contribution in [0.4, 0.5) is 0 Å². The molecule has 0 spiro atoms. The molecule has 0 rings (SSSR count). The molecule has 6 N–H and O–H groups in total. The van der Waals surface area contributed by atoms with E-state index in [1.165, 1.54) is 0 Å². The van der Waals surface area contributed by atoms with Crippen molar-refractivity contribution in [3.63, 3.8) is 0 Å². The molecule has 0 aliphatic carbocycles. The maximum Gasteiger partial charge on any atom is 0.334 e. The summed E-state index contributed by atoms with van der Waals surface area (Å²) in [5, 5.41) is 54.1. The van der Waals surface area contributed by atoms with E-state index in [0.29, 0.717) is 0 Å². The van der Waals surface area contributed by atoms with Crippen LogP contribution >= 0.6 is 0 Å². The summed E-state index contributed by atoms with van der Waals surface area (Å²) in [5.74, 6) is -0.992. The van der Waals surface area contributed by atoms with Crippen LogP contribution in [0.1, 0.15) is 6.92 Å². The van der Waals surface area contributed by atoms with Crippen LogP contribution in [0.25, 0.3) is 0 Å². The molecule has 8 nitrogen and oxygen atoms in total. The zero-order valence-corrected chi connectivity index (χ0v) is 9.30. The fraction of sp³-hybridized carbons (Fsp3) is 0.889. The van der Waals surface area contributed by atoms with E-state index >= 15 is 0 Å². The molecule has 102 valence electrons. The molecule has 17 heavy (non-hydrogen) atoms. The third kappa shape index (κ3) is 5.39. The minimum atomic E-state index is -1.79. The molecule has 0 bridgehead atoms. The van der Waals surface area contributed by atoms with Gasteiger partial charge in [-0.25, -0.2) is 4.79 Å². The number of aliphatic hydroxyl groups is 6. The van der Waals surface area contributed by atoms with E-state index in [0.717, 1.165) is 6.92 Å². The quantitative estimate of drug-likeness (QED) is 0.255. The predicted octanol–water partition coefficient (Wildman–Crippen LogP) is -3.65. The maximum absolute atomic E-state index is 10.8. The molecule has 0 aromatic rings. The van der Waals surface area contributed by atoms with E-state index in [-0.39, 0.29) is 0 Å². The summed E-state index contributed by atoms with van der Waals surface area (Å²) in [5.41, 5.74) is 0. The minimum Gasteiger partial charge on any atom is -0.461 e. The van der Waals surface area contributed by atoms with Crippen LogP contribution in [0.2, 0.25) is 0 Å². The molecule has 0 aliphatic rings. The van der Waals surface area contributed by atoms with Gasteiger partial charge in [0.2, 0.25) is 0 Å². The first-order valence-electron chi connectivity index (χ1n) is 4.99. The number of hydrogen-bond donors (Lipinski definition) is 6. The highest BCUT2D eigenvalue weighted by atomic mass is 16.6. The van der Waals surface area contributed by atoms with Gasteiger partial charge in [0.05, 0.1) is 6.61 Å². The molecule has 0 heterocycles. The van der Waals surface area contributed by atoms with E-state index < -0.39 is 49.7 Å². The highest BCUT2D eigenvalue weighted by Crippen LogP contribution is 2.06. The fourth-order valence-electron chi connectivity index (χ4n) is 0.950. The number of rotatable bonds is 7. The summed E-state index contributed by atoms with van der Waals surface area (Å²) < 4.78 is 4.40.